The lowest BCUT2D eigenvalue weighted by atomic mass is 9.90. The zero-order chi connectivity index (χ0) is 11.6. The number of hydrogen-bond donors (Lipinski definition) is 0. The summed E-state index contributed by atoms with van der Waals surface area (Å²) in [4.78, 5) is 0.495. The molecule has 2 atom stereocenters. The van der Waals surface area contributed by atoms with Crippen LogP contribution in [-0.4, -0.2) is 9.65 Å². The first kappa shape index (κ1) is 14.5. The van der Waals surface area contributed by atoms with Crippen molar-refractivity contribution in [1.82, 2.24) is 0 Å². The van der Waals surface area contributed by atoms with Crippen LogP contribution in [0.5, 0.6) is 0 Å². The molecule has 0 spiro atoms. The van der Waals surface area contributed by atoms with Gasteiger partial charge in [0.05, 0.1) is 9.65 Å². The number of halogens is 2. The highest BCUT2D eigenvalue weighted by Crippen LogP contribution is 2.28. The molecule has 0 aromatic carbocycles. The molecular formula is C12H20Br2. The van der Waals surface area contributed by atoms with Crippen molar-refractivity contribution in [2.24, 2.45) is 10.8 Å². The molecule has 2 unspecified atom stereocenters. The Morgan fingerprint density at radius 3 is 1.07 bits per heavy atom. The third-order valence-electron chi connectivity index (χ3n) is 1.86. The topological polar surface area (TPSA) is 0 Å². The predicted octanol–water partition coefficient (Wildman–Crippen LogP) is 4.61. The predicted molar refractivity (Wildman–Crippen MR) is 72.1 cm³/mol. The lowest BCUT2D eigenvalue weighted by Gasteiger charge is -2.23. The van der Waals surface area contributed by atoms with Crippen molar-refractivity contribution in [2.75, 3.05) is 0 Å². The number of rotatable bonds is 0. The van der Waals surface area contributed by atoms with Gasteiger partial charge in [0.25, 0.3) is 0 Å². The Kier molecular flexibility index (Phi) is 5.22. The average Bonchev–Trinajstić information content (AvgIpc) is 1.95. The maximum atomic E-state index is 3.60. The Bertz CT molecular complexity index is 208. The van der Waals surface area contributed by atoms with Crippen molar-refractivity contribution in [3.05, 3.63) is 0 Å². The maximum absolute atomic E-state index is 3.60. The largest absolute Gasteiger partial charge is 0.0865 e. The summed E-state index contributed by atoms with van der Waals surface area (Å²) in [6.07, 6.45) is 0. The molecule has 82 valence electrons. The van der Waals surface area contributed by atoms with Crippen molar-refractivity contribution >= 4 is 31.9 Å². The SMILES string of the molecule is CC(C)(C)C(Br)C#CC(Br)C(C)(C)C. The Balaban J connectivity index is 4.46. The zero-order valence-electron chi connectivity index (χ0n) is 9.91. The van der Waals surface area contributed by atoms with Gasteiger partial charge in [0.1, 0.15) is 0 Å². The normalized spacial score (nSPS) is 16.9. The quantitative estimate of drug-likeness (QED) is 0.451. The van der Waals surface area contributed by atoms with Crippen molar-refractivity contribution in [3.8, 4) is 11.8 Å². The summed E-state index contributed by atoms with van der Waals surface area (Å²) in [5.41, 5.74) is 0.384. The summed E-state index contributed by atoms with van der Waals surface area (Å²) in [5, 5.41) is 0. The molecule has 0 aliphatic carbocycles. The van der Waals surface area contributed by atoms with Crippen LogP contribution in [0.3, 0.4) is 0 Å². The summed E-state index contributed by atoms with van der Waals surface area (Å²) in [5.74, 6) is 6.50. The van der Waals surface area contributed by atoms with Crippen molar-refractivity contribution in [1.29, 1.82) is 0 Å². The highest BCUT2D eigenvalue weighted by atomic mass is 79.9. The Morgan fingerprint density at radius 2 is 0.929 bits per heavy atom. The van der Waals surface area contributed by atoms with E-state index in [0.717, 1.165) is 0 Å². The molecule has 0 rings (SSSR count). The van der Waals surface area contributed by atoms with Crippen LogP contribution in [0.15, 0.2) is 0 Å². The summed E-state index contributed by atoms with van der Waals surface area (Å²) < 4.78 is 0. The van der Waals surface area contributed by atoms with E-state index < -0.39 is 0 Å². The van der Waals surface area contributed by atoms with Crippen molar-refractivity contribution < 1.29 is 0 Å². The first-order chi connectivity index (χ1) is 6.05. The fourth-order valence-corrected chi connectivity index (χ4v) is 0.844. The van der Waals surface area contributed by atoms with Crippen LogP contribution >= 0.6 is 31.9 Å². The Hall–Kier alpha value is 0.520. The molecule has 0 nitrogen and oxygen atoms in total. The van der Waals surface area contributed by atoms with Crippen LogP contribution in [0.1, 0.15) is 41.5 Å². The van der Waals surface area contributed by atoms with E-state index in [-0.39, 0.29) is 20.5 Å². The highest BCUT2D eigenvalue weighted by molar-refractivity contribution is 9.10. The Morgan fingerprint density at radius 1 is 0.714 bits per heavy atom. The minimum absolute atomic E-state index is 0.192. The van der Waals surface area contributed by atoms with Crippen LogP contribution in [0, 0.1) is 22.7 Å². The molecule has 0 amide bonds. The van der Waals surface area contributed by atoms with Gasteiger partial charge in [0.2, 0.25) is 0 Å². The van der Waals surface area contributed by atoms with E-state index >= 15 is 0 Å². The fourth-order valence-electron chi connectivity index (χ4n) is 0.579. The molecule has 0 radical (unpaired) electrons. The molecule has 0 fully saturated rings. The van der Waals surface area contributed by atoms with Crippen LogP contribution in [-0.2, 0) is 0 Å². The average molecular weight is 324 g/mol. The van der Waals surface area contributed by atoms with Crippen LogP contribution in [0.2, 0.25) is 0 Å². The van der Waals surface area contributed by atoms with E-state index in [1.54, 1.807) is 0 Å². The molecule has 0 N–H and O–H groups in total. The van der Waals surface area contributed by atoms with Crippen LogP contribution < -0.4 is 0 Å². The summed E-state index contributed by atoms with van der Waals surface area (Å²) >= 11 is 7.20. The van der Waals surface area contributed by atoms with Gasteiger partial charge < -0.3 is 0 Å². The molecule has 0 aromatic heterocycles. The minimum atomic E-state index is 0.192. The standard InChI is InChI=1S/C12H20Br2/c1-11(2,3)9(13)7-8-10(14)12(4,5)6/h9-10H,1-6H3. The third-order valence-corrected chi connectivity index (χ3v) is 5.06. The van der Waals surface area contributed by atoms with Gasteiger partial charge in [-0.05, 0) is 10.8 Å². The lowest BCUT2D eigenvalue weighted by molar-refractivity contribution is 0.437. The fraction of sp³-hybridized carbons (Fsp3) is 0.833. The molecule has 0 aliphatic rings. The second kappa shape index (κ2) is 5.03. The summed E-state index contributed by atoms with van der Waals surface area (Å²) in [6, 6.07) is 0. The lowest BCUT2D eigenvalue weighted by Crippen LogP contribution is -2.21. The maximum Gasteiger partial charge on any atom is 0.0803 e. The smallest absolute Gasteiger partial charge is 0.0803 e. The second-order valence-electron chi connectivity index (χ2n) is 5.75. The molecule has 0 heterocycles. The van der Waals surface area contributed by atoms with E-state index in [1.807, 2.05) is 0 Å². The molecule has 0 saturated heterocycles. The number of alkyl halides is 2. The van der Waals surface area contributed by atoms with Gasteiger partial charge >= 0.3 is 0 Å². The van der Waals surface area contributed by atoms with E-state index in [0.29, 0.717) is 0 Å². The van der Waals surface area contributed by atoms with E-state index in [9.17, 15) is 0 Å². The second-order valence-corrected chi connectivity index (χ2v) is 7.58. The minimum Gasteiger partial charge on any atom is -0.0865 e. The van der Waals surface area contributed by atoms with E-state index in [1.165, 1.54) is 0 Å². The van der Waals surface area contributed by atoms with Gasteiger partial charge in [-0.25, -0.2) is 0 Å². The molecule has 2 heteroatoms. The highest BCUT2D eigenvalue weighted by Gasteiger charge is 2.22. The Labute approximate surface area is 105 Å². The zero-order valence-corrected chi connectivity index (χ0v) is 13.1. The monoisotopic (exact) mass is 322 g/mol. The first-order valence-corrected chi connectivity index (χ1v) is 6.67. The van der Waals surface area contributed by atoms with Gasteiger partial charge in [-0.15, -0.1) is 0 Å². The van der Waals surface area contributed by atoms with Gasteiger partial charge in [0.15, 0.2) is 0 Å². The van der Waals surface area contributed by atoms with Gasteiger partial charge in [-0.3, -0.25) is 0 Å². The van der Waals surface area contributed by atoms with E-state index in [2.05, 4.69) is 85.2 Å². The van der Waals surface area contributed by atoms with Crippen molar-refractivity contribution in [3.63, 3.8) is 0 Å². The molecule has 0 saturated carbocycles. The van der Waals surface area contributed by atoms with Gasteiger partial charge in [-0.1, -0.05) is 85.2 Å². The van der Waals surface area contributed by atoms with Crippen molar-refractivity contribution in [2.45, 2.75) is 51.2 Å². The number of hydrogen-bond acceptors (Lipinski definition) is 0. The van der Waals surface area contributed by atoms with Crippen LogP contribution in [0.4, 0.5) is 0 Å². The third kappa shape index (κ3) is 5.41. The molecule has 0 bridgehead atoms. The summed E-state index contributed by atoms with van der Waals surface area (Å²) in [6.45, 7) is 13.1. The van der Waals surface area contributed by atoms with Gasteiger partial charge in [-0.2, -0.15) is 0 Å². The summed E-state index contributed by atoms with van der Waals surface area (Å²) in [7, 11) is 0. The van der Waals surface area contributed by atoms with Crippen LogP contribution in [0.25, 0.3) is 0 Å². The van der Waals surface area contributed by atoms with E-state index in [4.69, 9.17) is 0 Å². The molecule has 0 aromatic rings. The van der Waals surface area contributed by atoms with Gasteiger partial charge in [0, 0.05) is 0 Å². The first-order valence-electron chi connectivity index (χ1n) is 4.84. The molecule has 0 aliphatic heterocycles. The molecule has 14 heavy (non-hydrogen) atoms. The molecular weight excluding hydrogens is 304 g/mol.